The summed E-state index contributed by atoms with van der Waals surface area (Å²) in [4.78, 5) is 35.2. The third kappa shape index (κ3) is 3.19. The Morgan fingerprint density at radius 1 is 1.15 bits per heavy atom. The maximum absolute atomic E-state index is 13.0. The first-order valence-corrected chi connectivity index (χ1v) is 8.53. The van der Waals surface area contributed by atoms with Gasteiger partial charge in [0.05, 0.1) is 30.3 Å². The second-order valence-corrected chi connectivity index (χ2v) is 6.14. The van der Waals surface area contributed by atoms with E-state index in [2.05, 4.69) is 9.97 Å². The Bertz CT molecular complexity index is 997. The first-order chi connectivity index (χ1) is 13.2. The molecule has 1 aromatic carbocycles. The lowest BCUT2D eigenvalue weighted by Crippen LogP contribution is -2.36. The fourth-order valence-corrected chi connectivity index (χ4v) is 3.11. The average Bonchev–Trinajstić information content (AvgIpc) is 3.16. The summed E-state index contributed by atoms with van der Waals surface area (Å²) in [6.45, 7) is 0.816. The minimum Gasteiger partial charge on any atom is -0.465 e. The van der Waals surface area contributed by atoms with Gasteiger partial charge in [-0.05, 0) is 24.3 Å². The van der Waals surface area contributed by atoms with Crippen molar-refractivity contribution in [2.75, 3.05) is 13.7 Å². The molecule has 1 amide bonds. The molecule has 27 heavy (non-hydrogen) atoms. The summed E-state index contributed by atoms with van der Waals surface area (Å²) >= 11 is 0. The number of esters is 1. The summed E-state index contributed by atoms with van der Waals surface area (Å²) in [5.74, 6) is 0.515. The molecule has 2 aromatic heterocycles. The van der Waals surface area contributed by atoms with Crippen molar-refractivity contribution in [2.45, 2.75) is 13.0 Å². The topological polar surface area (TPSA) is 85.5 Å². The van der Waals surface area contributed by atoms with Crippen LogP contribution in [0.1, 0.15) is 32.2 Å². The summed E-state index contributed by atoms with van der Waals surface area (Å²) in [5, 5.41) is 0. The molecule has 0 spiro atoms. The van der Waals surface area contributed by atoms with E-state index in [4.69, 9.17) is 9.15 Å². The maximum Gasteiger partial charge on any atom is 0.338 e. The minimum atomic E-state index is -0.531. The SMILES string of the molecule is COC(=O)c1ccccc1C(=O)N1CCc2oc(-c3cccnc3)nc2C1. The van der Waals surface area contributed by atoms with Gasteiger partial charge in [0.25, 0.3) is 5.91 Å². The lowest BCUT2D eigenvalue weighted by molar-refractivity contribution is 0.0588. The van der Waals surface area contributed by atoms with Crippen LogP contribution in [-0.2, 0) is 17.7 Å². The van der Waals surface area contributed by atoms with Crippen molar-refractivity contribution in [3.63, 3.8) is 0 Å². The predicted molar refractivity (Wildman–Crippen MR) is 96.0 cm³/mol. The molecule has 3 heterocycles. The second-order valence-electron chi connectivity index (χ2n) is 6.14. The smallest absolute Gasteiger partial charge is 0.338 e. The Hall–Kier alpha value is -3.48. The van der Waals surface area contributed by atoms with Crippen molar-refractivity contribution in [3.8, 4) is 11.5 Å². The van der Waals surface area contributed by atoms with E-state index in [0.717, 1.165) is 17.0 Å². The van der Waals surface area contributed by atoms with Crippen molar-refractivity contribution < 1.29 is 18.7 Å². The van der Waals surface area contributed by atoms with E-state index in [1.165, 1.54) is 7.11 Å². The Balaban J connectivity index is 1.59. The molecular formula is C20H17N3O4. The number of hydrogen-bond donors (Lipinski definition) is 0. The molecule has 7 nitrogen and oxygen atoms in total. The summed E-state index contributed by atoms with van der Waals surface area (Å²) in [6, 6.07) is 10.3. The van der Waals surface area contributed by atoms with Crippen LogP contribution in [0.4, 0.5) is 0 Å². The average molecular weight is 363 g/mol. The molecule has 0 saturated heterocycles. The van der Waals surface area contributed by atoms with Gasteiger partial charge in [-0.2, -0.15) is 0 Å². The van der Waals surface area contributed by atoms with E-state index in [1.54, 1.807) is 41.6 Å². The van der Waals surface area contributed by atoms with E-state index < -0.39 is 5.97 Å². The van der Waals surface area contributed by atoms with Crippen LogP contribution in [0.3, 0.4) is 0 Å². The number of pyridine rings is 1. The number of oxazole rings is 1. The lowest BCUT2D eigenvalue weighted by atomic mass is 10.0. The van der Waals surface area contributed by atoms with Gasteiger partial charge < -0.3 is 14.1 Å². The zero-order valence-electron chi connectivity index (χ0n) is 14.7. The van der Waals surface area contributed by atoms with E-state index in [1.807, 2.05) is 12.1 Å². The number of aromatic nitrogens is 2. The van der Waals surface area contributed by atoms with Crippen molar-refractivity contribution in [2.24, 2.45) is 0 Å². The number of hydrogen-bond acceptors (Lipinski definition) is 6. The van der Waals surface area contributed by atoms with Gasteiger partial charge in [0.1, 0.15) is 11.5 Å². The van der Waals surface area contributed by atoms with Crippen LogP contribution in [0.15, 0.2) is 53.2 Å². The number of ether oxygens (including phenoxy) is 1. The first-order valence-electron chi connectivity index (χ1n) is 8.53. The minimum absolute atomic E-state index is 0.229. The Morgan fingerprint density at radius 2 is 1.96 bits per heavy atom. The normalized spacial score (nSPS) is 13.1. The van der Waals surface area contributed by atoms with Crippen molar-refractivity contribution in [1.82, 2.24) is 14.9 Å². The van der Waals surface area contributed by atoms with Gasteiger partial charge in [-0.15, -0.1) is 0 Å². The molecule has 3 aromatic rings. The van der Waals surface area contributed by atoms with Crippen LogP contribution in [-0.4, -0.2) is 40.4 Å². The number of benzene rings is 1. The van der Waals surface area contributed by atoms with Gasteiger partial charge >= 0.3 is 5.97 Å². The Morgan fingerprint density at radius 3 is 2.70 bits per heavy atom. The van der Waals surface area contributed by atoms with Gasteiger partial charge in [-0.25, -0.2) is 9.78 Å². The lowest BCUT2D eigenvalue weighted by Gasteiger charge is -2.26. The van der Waals surface area contributed by atoms with Gasteiger partial charge in [0.15, 0.2) is 0 Å². The standard InChI is InChI=1S/C20H17N3O4/c1-26-20(25)15-7-3-2-6-14(15)19(24)23-10-8-17-16(12-23)22-18(27-17)13-5-4-9-21-11-13/h2-7,9,11H,8,10,12H2,1H3. The summed E-state index contributed by atoms with van der Waals surface area (Å²) < 4.78 is 10.6. The maximum atomic E-state index is 13.0. The van der Waals surface area contributed by atoms with Crippen molar-refractivity contribution >= 4 is 11.9 Å². The van der Waals surface area contributed by atoms with Gasteiger partial charge in [-0.3, -0.25) is 9.78 Å². The summed E-state index contributed by atoms with van der Waals surface area (Å²) in [6.07, 6.45) is 3.94. The Labute approximate surface area is 155 Å². The molecule has 0 fully saturated rings. The van der Waals surface area contributed by atoms with E-state index in [-0.39, 0.29) is 11.5 Å². The van der Waals surface area contributed by atoms with Crippen molar-refractivity contribution in [3.05, 3.63) is 71.4 Å². The van der Waals surface area contributed by atoms with Crippen LogP contribution in [0.5, 0.6) is 0 Å². The zero-order chi connectivity index (χ0) is 18.8. The summed E-state index contributed by atoms with van der Waals surface area (Å²) in [7, 11) is 1.30. The third-order valence-corrected chi connectivity index (χ3v) is 4.49. The molecule has 1 aliphatic rings. The highest BCUT2D eigenvalue weighted by Crippen LogP contribution is 2.27. The van der Waals surface area contributed by atoms with Crippen molar-refractivity contribution in [1.29, 1.82) is 0 Å². The summed E-state index contributed by atoms with van der Waals surface area (Å²) in [5.41, 5.74) is 2.10. The first kappa shape index (κ1) is 17.0. The van der Waals surface area contributed by atoms with E-state index >= 15 is 0 Å². The molecule has 0 saturated carbocycles. The molecular weight excluding hydrogens is 346 g/mol. The number of rotatable bonds is 3. The number of carbonyl (C=O) groups excluding carboxylic acids is 2. The molecule has 0 radical (unpaired) electrons. The van der Waals surface area contributed by atoms with Crippen LogP contribution >= 0.6 is 0 Å². The molecule has 0 atom stereocenters. The molecule has 1 aliphatic heterocycles. The number of amides is 1. The van der Waals surface area contributed by atoms with E-state index in [0.29, 0.717) is 31.0 Å². The third-order valence-electron chi connectivity index (χ3n) is 4.49. The highest BCUT2D eigenvalue weighted by atomic mass is 16.5. The molecule has 0 aliphatic carbocycles. The van der Waals surface area contributed by atoms with Crippen LogP contribution < -0.4 is 0 Å². The monoisotopic (exact) mass is 363 g/mol. The molecule has 136 valence electrons. The zero-order valence-corrected chi connectivity index (χ0v) is 14.7. The predicted octanol–water partition coefficient (Wildman–Crippen LogP) is 2.72. The second kappa shape index (κ2) is 7.03. The molecule has 7 heteroatoms. The van der Waals surface area contributed by atoms with E-state index in [9.17, 15) is 9.59 Å². The molecule has 0 bridgehead atoms. The largest absolute Gasteiger partial charge is 0.465 e. The fraction of sp³-hybridized carbons (Fsp3) is 0.200. The number of carbonyl (C=O) groups is 2. The molecule has 0 unspecified atom stereocenters. The fourth-order valence-electron chi connectivity index (χ4n) is 3.11. The molecule has 0 N–H and O–H groups in total. The quantitative estimate of drug-likeness (QED) is 0.665. The van der Waals surface area contributed by atoms with Gasteiger partial charge in [0, 0.05) is 25.4 Å². The van der Waals surface area contributed by atoms with Crippen LogP contribution in [0.2, 0.25) is 0 Å². The van der Waals surface area contributed by atoms with Crippen LogP contribution in [0.25, 0.3) is 11.5 Å². The molecule has 4 rings (SSSR count). The number of fused-ring (bicyclic) bond motifs is 1. The highest BCUT2D eigenvalue weighted by Gasteiger charge is 2.28. The van der Waals surface area contributed by atoms with Gasteiger partial charge in [0.2, 0.25) is 5.89 Å². The van der Waals surface area contributed by atoms with Crippen LogP contribution in [0, 0.1) is 0 Å². The highest BCUT2D eigenvalue weighted by molar-refractivity contribution is 6.05. The number of methoxy groups -OCH3 is 1. The van der Waals surface area contributed by atoms with Gasteiger partial charge in [-0.1, -0.05) is 12.1 Å². The number of nitrogens with zero attached hydrogens (tertiary/aromatic N) is 3. The Kier molecular flexibility index (Phi) is 4.42.